The minimum absolute atomic E-state index is 0. The summed E-state index contributed by atoms with van der Waals surface area (Å²) in [6.07, 6.45) is 1.29. The molecule has 0 saturated carbocycles. The number of aliphatic hydroxyl groups excluding tert-OH is 1. The third kappa shape index (κ3) is 12.0. The van der Waals surface area contributed by atoms with Crippen LogP contribution in [0, 0.1) is 0 Å². The fraction of sp³-hybridized carbons (Fsp3) is 0.667. The van der Waals surface area contributed by atoms with E-state index in [1.165, 1.54) is 0 Å². The van der Waals surface area contributed by atoms with Crippen LogP contribution in [0.4, 0.5) is 0 Å². The van der Waals surface area contributed by atoms with E-state index in [1.807, 2.05) is 0 Å². The Kier molecular flexibility index (Phi) is 11.9. The quantitative estimate of drug-likeness (QED) is 0.267. The summed E-state index contributed by atoms with van der Waals surface area (Å²) in [5.41, 5.74) is 0. The molecule has 0 amide bonds. The van der Waals surface area contributed by atoms with Crippen LogP contribution in [0.1, 0.15) is 6.92 Å². The van der Waals surface area contributed by atoms with Gasteiger partial charge in [0.05, 0.1) is 19.3 Å². The fourth-order valence-electron chi connectivity index (χ4n) is 0.322. The molecular formula is C6H12NaO2+. The van der Waals surface area contributed by atoms with Gasteiger partial charge in [0.1, 0.15) is 0 Å². The second-order valence-electron chi connectivity index (χ2n) is 1.68. The molecule has 1 atom stereocenters. The second kappa shape index (κ2) is 8.66. The van der Waals surface area contributed by atoms with Gasteiger partial charge in [-0.2, -0.15) is 0 Å². The summed E-state index contributed by atoms with van der Waals surface area (Å²) in [5.74, 6) is 0. The first-order valence-electron chi connectivity index (χ1n) is 2.64. The zero-order valence-electron chi connectivity index (χ0n) is 6.13. The van der Waals surface area contributed by atoms with Gasteiger partial charge in [0, 0.05) is 0 Å². The summed E-state index contributed by atoms with van der Waals surface area (Å²) >= 11 is 0. The fourth-order valence-corrected chi connectivity index (χ4v) is 0.322. The molecule has 0 bridgehead atoms. The Morgan fingerprint density at radius 2 is 2.33 bits per heavy atom. The van der Waals surface area contributed by atoms with Gasteiger partial charge >= 0.3 is 29.6 Å². The second-order valence-corrected chi connectivity index (χ2v) is 1.68. The monoisotopic (exact) mass is 139 g/mol. The Bertz CT molecular complexity index is 64.1. The Balaban J connectivity index is 0. The van der Waals surface area contributed by atoms with Gasteiger partial charge in [0.25, 0.3) is 0 Å². The van der Waals surface area contributed by atoms with E-state index in [-0.39, 0.29) is 35.7 Å². The maximum absolute atomic E-state index is 8.62. The van der Waals surface area contributed by atoms with Crippen molar-refractivity contribution in [1.82, 2.24) is 0 Å². The topological polar surface area (TPSA) is 29.5 Å². The molecule has 1 N–H and O–H groups in total. The van der Waals surface area contributed by atoms with E-state index in [9.17, 15) is 0 Å². The first-order chi connectivity index (χ1) is 3.77. The summed E-state index contributed by atoms with van der Waals surface area (Å²) in [6.45, 7) is 6.05. The molecule has 0 aromatic rings. The molecule has 0 spiro atoms. The number of hydrogen-bond acceptors (Lipinski definition) is 2. The summed E-state index contributed by atoms with van der Waals surface area (Å²) in [4.78, 5) is 0. The van der Waals surface area contributed by atoms with Gasteiger partial charge in [-0.25, -0.2) is 0 Å². The van der Waals surface area contributed by atoms with Crippen LogP contribution in [-0.4, -0.2) is 24.4 Å². The number of aliphatic hydroxyl groups is 1. The molecule has 3 heteroatoms. The van der Waals surface area contributed by atoms with Crippen LogP contribution in [0.25, 0.3) is 0 Å². The molecule has 0 radical (unpaired) electrons. The third-order valence-electron chi connectivity index (χ3n) is 0.595. The summed E-state index contributed by atoms with van der Waals surface area (Å²) in [7, 11) is 0. The Labute approximate surface area is 78.2 Å². The van der Waals surface area contributed by atoms with Crippen molar-refractivity contribution in [2.75, 3.05) is 13.2 Å². The van der Waals surface area contributed by atoms with E-state index >= 15 is 0 Å². The molecule has 0 heterocycles. The van der Waals surface area contributed by atoms with Gasteiger partial charge in [-0.15, -0.1) is 6.58 Å². The van der Waals surface area contributed by atoms with Gasteiger partial charge < -0.3 is 9.84 Å². The van der Waals surface area contributed by atoms with Crippen molar-refractivity contribution in [3.05, 3.63) is 12.7 Å². The molecule has 9 heavy (non-hydrogen) atoms. The molecule has 0 rings (SSSR count). The summed E-state index contributed by atoms with van der Waals surface area (Å²) in [5, 5.41) is 8.62. The zero-order chi connectivity index (χ0) is 6.41. The van der Waals surface area contributed by atoms with Crippen molar-refractivity contribution < 1.29 is 39.4 Å². The Hall–Kier alpha value is 0.660. The van der Waals surface area contributed by atoms with Gasteiger partial charge in [-0.3, -0.25) is 0 Å². The third-order valence-corrected chi connectivity index (χ3v) is 0.595. The predicted octanol–water partition coefficient (Wildman–Crippen LogP) is -2.43. The normalized spacial score (nSPS) is 11.8. The van der Waals surface area contributed by atoms with Crippen molar-refractivity contribution in [2.24, 2.45) is 0 Å². The molecule has 0 aromatic heterocycles. The molecule has 2 nitrogen and oxygen atoms in total. The van der Waals surface area contributed by atoms with Gasteiger partial charge in [0.2, 0.25) is 0 Å². The van der Waals surface area contributed by atoms with Crippen LogP contribution in [0.3, 0.4) is 0 Å². The first-order valence-corrected chi connectivity index (χ1v) is 2.64. The summed E-state index contributed by atoms with van der Waals surface area (Å²) < 4.78 is 4.88. The minimum atomic E-state index is -0.366. The Morgan fingerprint density at radius 3 is 2.67 bits per heavy atom. The van der Waals surface area contributed by atoms with Crippen LogP contribution in [0.5, 0.6) is 0 Å². The molecule has 0 saturated heterocycles. The van der Waals surface area contributed by atoms with E-state index in [1.54, 1.807) is 13.0 Å². The minimum Gasteiger partial charge on any atom is -0.391 e. The number of hydrogen-bond donors (Lipinski definition) is 1. The van der Waals surface area contributed by atoms with Crippen molar-refractivity contribution in [2.45, 2.75) is 13.0 Å². The van der Waals surface area contributed by atoms with E-state index < -0.39 is 0 Å². The smallest absolute Gasteiger partial charge is 0.391 e. The van der Waals surface area contributed by atoms with Gasteiger partial charge in [-0.05, 0) is 6.92 Å². The predicted molar refractivity (Wildman–Crippen MR) is 32.7 cm³/mol. The average molecular weight is 139 g/mol. The maximum atomic E-state index is 8.62. The van der Waals surface area contributed by atoms with E-state index in [4.69, 9.17) is 9.84 Å². The number of rotatable bonds is 4. The van der Waals surface area contributed by atoms with Crippen LogP contribution in [-0.2, 0) is 4.74 Å². The molecule has 0 aromatic carbocycles. The molecule has 0 aliphatic rings. The molecule has 0 aliphatic carbocycles. The maximum Gasteiger partial charge on any atom is 1.00 e. The molecule has 48 valence electrons. The van der Waals surface area contributed by atoms with Crippen LogP contribution in [0.2, 0.25) is 0 Å². The van der Waals surface area contributed by atoms with Gasteiger partial charge in [0.15, 0.2) is 0 Å². The van der Waals surface area contributed by atoms with Crippen molar-refractivity contribution in [3.63, 3.8) is 0 Å². The Morgan fingerprint density at radius 1 is 1.78 bits per heavy atom. The van der Waals surface area contributed by atoms with E-state index in [2.05, 4.69) is 6.58 Å². The van der Waals surface area contributed by atoms with Crippen LogP contribution < -0.4 is 29.6 Å². The average Bonchev–Trinajstić information content (AvgIpc) is 1.66. The molecule has 0 aliphatic heterocycles. The first kappa shape index (κ1) is 12.3. The standard InChI is InChI=1S/C6H12O2.Na/c1-3-4-8-5-6(2)7;/h3,6-7H,1,4-5H2,2H3;/q;+1. The summed E-state index contributed by atoms with van der Waals surface area (Å²) in [6, 6.07) is 0. The van der Waals surface area contributed by atoms with Crippen molar-refractivity contribution >= 4 is 0 Å². The molecule has 1 unspecified atom stereocenters. The zero-order valence-corrected chi connectivity index (χ0v) is 8.13. The van der Waals surface area contributed by atoms with Crippen LogP contribution in [0.15, 0.2) is 12.7 Å². The van der Waals surface area contributed by atoms with Gasteiger partial charge in [-0.1, -0.05) is 6.08 Å². The molecule has 0 fully saturated rings. The van der Waals surface area contributed by atoms with E-state index in [0.29, 0.717) is 13.2 Å². The van der Waals surface area contributed by atoms with Crippen LogP contribution >= 0.6 is 0 Å². The van der Waals surface area contributed by atoms with E-state index in [0.717, 1.165) is 0 Å². The molecular weight excluding hydrogens is 127 g/mol. The van der Waals surface area contributed by atoms with Crippen molar-refractivity contribution in [1.29, 1.82) is 0 Å². The largest absolute Gasteiger partial charge is 1.00 e. The SMILES string of the molecule is C=CCOCC(C)O.[Na+]. The number of ether oxygens (including phenoxy) is 1. The van der Waals surface area contributed by atoms with Crippen molar-refractivity contribution in [3.8, 4) is 0 Å².